The van der Waals surface area contributed by atoms with Gasteiger partial charge in [0, 0.05) is 28.5 Å². The van der Waals surface area contributed by atoms with Gasteiger partial charge in [-0.25, -0.2) is 0 Å². The Hall–Kier alpha value is -2.83. The van der Waals surface area contributed by atoms with Crippen molar-refractivity contribution >= 4 is 39.3 Å². The summed E-state index contributed by atoms with van der Waals surface area (Å²) in [4.78, 5) is 29.1. The van der Waals surface area contributed by atoms with Crippen molar-refractivity contribution in [3.63, 3.8) is 0 Å². The van der Waals surface area contributed by atoms with Gasteiger partial charge in [0.25, 0.3) is 5.91 Å². The van der Waals surface area contributed by atoms with Crippen LogP contribution in [0, 0.1) is 0 Å². The van der Waals surface area contributed by atoms with Crippen LogP contribution in [0.2, 0.25) is 5.02 Å². The van der Waals surface area contributed by atoms with E-state index in [1.807, 2.05) is 60.7 Å². The molecule has 1 aliphatic carbocycles. The third kappa shape index (κ3) is 8.08. The van der Waals surface area contributed by atoms with Gasteiger partial charge in [-0.1, -0.05) is 95.3 Å². The van der Waals surface area contributed by atoms with Crippen molar-refractivity contribution in [1.82, 2.24) is 10.2 Å². The largest absolute Gasteiger partial charge is 0.484 e. The number of nitrogens with zero attached hydrogens (tertiary/aromatic N) is 1. The van der Waals surface area contributed by atoms with Crippen molar-refractivity contribution in [2.75, 3.05) is 6.61 Å². The molecule has 1 N–H and O–H groups in total. The molecule has 4 rings (SSSR count). The molecule has 37 heavy (non-hydrogen) atoms. The number of hydrogen-bond acceptors (Lipinski definition) is 3. The zero-order chi connectivity index (χ0) is 26.0. The molecule has 1 atom stereocenters. The molecule has 0 bridgehead atoms. The number of hydrogen-bond donors (Lipinski definition) is 1. The summed E-state index contributed by atoms with van der Waals surface area (Å²) in [5, 5.41) is 3.80. The number of amides is 2. The SMILES string of the molecule is O=C(NC1CCCCC1)[C@@H](Cc1ccccc1)N(Cc1ccccc1Cl)C(=O)COc1ccc(Br)cc1. The Morgan fingerprint density at radius 2 is 1.62 bits per heavy atom. The van der Waals surface area contributed by atoms with Gasteiger partial charge in [-0.3, -0.25) is 9.59 Å². The number of carbonyl (C=O) groups excluding carboxylic acids is 2. The minimum atomic E-state index is -0.707. The first-order valence-corrected chi connectivity index (χ1v) is 13.9. The average Bonchev–Trinajstić information content (AvgIpc) is 2.92. The van der Waals surface area contributed by atoms with Crippen LogP contribution in [-0.2, 0) is 22.6 Å². The minimum Gasteiger partial charge on any atom is -0.484 e. The van der Waals surface area contributed by atoms with Gasteiger partial charge in [0.1, 0.15) is 11.8 Å². The number of halogens is 2. The van der Waals surface area contributed by atoms with E-state index in [-0.39, 0.29) is 31.0 Å². The summed E-state index contributed by atoms with van der Waals surface area (Å²) in [6, 6.07) is 24.0. The van der Waals surface area contributed by atoms with Gasteiger partial charge in [-0.15, -0.1) is 0 Å². The highest BCUT2D eigenvalue weighted by Crippen LogP contribution is 2.23. The van der Waals surface area contributed by atoms with Crippen LogP contribution in [-0.4, -0.2) is 35.4 Å². The number of carbonyl (C=O) groups is 2. The molecule has 3 aromatic rings. The summed E-state index contributed by atoms with van der Waals surface area (Å²) in [7, 11) is 0. The normalized spacial score (nSPS) is 14.5. The molecule has 0 spiro atoms. The lowest BCUT2D eigenvalue weighted by Crippen LogP contribution is -2.53. The zero-order valence-electron chi connectivity index (χ0n) is 20.7. The average molecular weight is 584 g/mol. The maximum atomic E-state index is 13.8. The van der Waals surface area contributed by atoms with E-state index >= 15 is 0 Å². The first-order chi connectivity index (χ1) is 18.0. The van der Waals surface area contributed by atoms with Crippen molar-refractivity contribution < 1.29 is 14.3 Å². The fraction of sp³-hybridized carbons (Fsp3) is 0.333. The standard InChI is InChI=1S/C30H32BrClN2O3/c31-24-15-17-26(18-16-24)37-21-29(35)34(20-23-11-7-8-14-27(23)32)28(19-22-9-3-1-4-10-22)30(36)33-25-12-5-2-6-13-25/h1,3-4,7-11,14-18,25,28H,2,5-6,12-13,19-21H2,(H,33,36)/t28-/m1/s1. The summed E-state index contributed by atoms with van der Waals surface area (Å²) in [5.41, 5.74) is 1.77. The number of rotatable bonds is 10. The highest BCUT2D eigenvalue weighted by molar-refractivity contribution is 9.10. The molecule has 1 aliphatic rings. The Labute approximate surface area is 232 Å². The predicted molar refractivity (Wildman–Crippen MR) is 151 cm³/mol. The highest BCUT2D eigenvalue weighted by Gasteiger charge is 2.32. The maximum absolute atomic E-state index is 13.8. The summed E-state index contributed by atoms with van der Waals surface area (Å²) in [5.74, 6) is 0.169. The van der Waals surface area contributed by atoms with E-state index in [0.29, 0.717) is 17.2 Å². The summed E-state index contributed by atoms with van der Waals surface area (Å²) >= 11 is 9.90. The molecule has 2 amide bonds. The second-order valence-electron chi connectivity index (χ2n) is 9.40. The van der Waals surface area contributed by atoms with E-state index in [4.69, 9.17) is 16.3 Å². The van der Waals surface area contributed by atoms with Crippen LogP contribution in [0.15, 0.2) is 83.3 Å². The van der Waals surface area contributed by atoms with Crippen molar-refractivity contribution in [1.29, 1.82) is 0 Å². The first kappa shape index (κ1) is 27.2. The molecule has 1 saturated carbocycles. The van der Waals surface area contributed by atoms with Crippen LogP contribution in [0.5, 0.6) is 5.75 Å². The molecule has 0 radical (unpaired) electrons. The van der Waals surface area contributed by atoms with Gasteiger partial charge < -0.3 is 15.0 Å². The van der Waals surface area contributed by atoms with E-state index in [0.717, 1.165) is 41.3 Å². The molecule has 3 aromatic carbocycles. The Morgan fingerprint density at radius 3 is 2.32 bits per heavy atom. The predicted octanol–water partition coefficient (Wildman–Crippen LogP) is 6.57. The van der Waals surface area contributed by atoms with Crippen molar-refractivity contribution in [2.24, 2.45) is 0 Å². The van der Waals surface area contributed by atoms with Crippen LogP contribution in [0.25, 0.3) is 0 Å². The van der Waals surface area contributed by atoms with E-state index in [2.05, 4.69) is 21.2 Å². The second kappa shape index (κ2) is 13.6. The number of nitrogens with one attached hydrogen (secondary N) is 1. The van der Waals surface area contributed by atoms with Gasteiger partial charge >= 0.3 is 0 Å². The van der Waals surface area contributed by atoms with Crippen LogP contribution < -0.4 is 10.1 Å². The molecular formula is C30H32BrClN2O3. The lowest BCUT2D eigenvalue weighted by Gasteiger charge is -2.33. The number of ether oxygens (including phenoxy) is 1. The molecule has 0 heterocycles. The molecule has 5 nitrogen and oxygen atoms in total. The Balaban J connectivity index is 1.61. The Morgan fingerprint density at radius 1 is 0.946 bits per heavy atom. The minimum absolute atomic E-state index is 0.135. The summed E-state index contributed by atoms with van der Waals surface area (Å²) in [6.07, 6.45) is 5.75. The molecule has 0 saturated heterocycles. The smallest absolute Gasteiger partial charge is 0.261 e. The van der Waals surface area contributed by atoms with Crippen molar-refractivity contribution in [3.05, 3.63) is 99.5 Å². The van der Waals surface area contributed by atoms with Gasteiger partial charge in [-0.05, 0) is 54.3 Å². The maximum Gasteiger partial charge on any atom is 0.261 e. The molecule has 0 aliphatic heterocycles. The van der Waals surface area contributed by atoms with Crippen molar-refractivity contribution in [3.8, 4) is 5.75 Å². The van der Waals surface area contributed by atoms with Crippen LogP contribution in [0.1, 0.15) is 43.2 Å². The van der Waals surface area contributed by atoms with Crippen molar-refractivity contribution in [2.45, 2.75) is 57.2 Å². The summed E-state index contributed by atoms with van der Waals surface area (Å²) < 4.78 is 6.75. The molecule has 7 heteroatoms. The first-order valence-electron chi connectivity index (χ1n) is 12.7. The van der Waals surface area contributed by atoms with Gasteiger partial charge in [-0.2, -0.15) is 0 Å². The molecule has 0 aromatic heterocycles. The third-order valence-electron chi connectivity index (χ3n) is 6.70. The highest BCUT2D eigenvalue weighted by atomic mass is 79.9. The number of benzene rings is 3. The third-order valence-corrected chi connectivity index (χ3v) is 7.59. The van der Waals surface area contributed by atoms with E-state index in [9.17, 15) is 9.59 Å². The van der Waals surface area contributed by atoms with Gasteiger partial charge in [0.05, 0.1) is 0 Å². The monoisotopic (exact) mass is 582 g/mol. The lowest BCUT2D eigenvalue weighted by molar-refractivity contribution is -0.143. The quantitative estimate of drug-likeness (QED) is 0.294. The summed E-state index contributed by atoms with van der Waals surface area (Å²) in [6.45, 7) is 0.0197. The molecule has 194 valence electrons. The van der Waals surface area contributed by atoms with E-state index in [1.54, 1.807) is 23.1 Å². The topological polar surface area (TPSA) is 58.6 Å². The molecular weight excluding hydrogens is 552 g/mol. The van der Waals surface area contributed by atoms with E-state index in [1.165, 1.54) is 6.42 Å². The lowest BCUT2D eigenvalue weighted by atomic mass is 9.94. The Bertz CT molecular complexity index is 1170. The van der Waals surface area contributed by atoms with Gasteiger partial charge in [0.2, 0.25) is 5.91 Å². The zero-order valence-corrected chi connectivity index (χ0v) is 23.1. The fourth-order valence-corrected chi connectivity index (χ4v) is 5.13. The van der Waals surface area contributed by atoms with E-state index < -0.39 is 6.04 Å². The molecule has 0 unspecified atom stereocenters. The van der Waals surface area contributed by atoms with Crippen LogP contribution in [0.3, 0.4) is 0 Å². The fourth-order valence-electron chi connectivity index (χ4n) is 4.67. The van der Waals surface area contributed by atoms with Gasteiger partial charge in [0.15, 0.2) is 6.61 Å². The molecule has 1 fully saturated rings. The van der Waals surface area contributed by atoms with Crippen LogP contribution >= 0.6 is 27.5 Å². The van der Waals surface area contributed by atoms with Crippen LogP contribution in [0.4, 0.5) is 0 Å². The Kier molecular flexibility index (Phi) is 10.0. The second-order valence-corrected chi connectivity index (χ2v) is 10.7.